The van der Waals surface area contributed by atoms with Gasteiger partial charge >= 0.3 is 6.09 Å². The first-order valence-corrected chi connectivity index (χ1v) is 9.64. The summed E-state index contributed by atoms with van der Waals surface area (Å²) in [6, 6.07) is 3.23. The Hall–Kier alpha value is -2.77. The number of carbonyl (C=O) groups is 3. The highest BCUT2D eigenvalue weighted by Crippen LogP contribution is 2.37. The second-order valence-electron chi connectivity index (χ2n) is 7.10. The van der Waals surface area contributed by atoms with Crippen LogP contribution in [0.25, 0.3) is 0 Å². The summed E-state index contributed by atoms with van der Waals surface area (Å²) in [5.74, 6) is 0.885. The number of hydrogen-bond donors (Lipinski definition) is 1. The van der Waals surface area contributed by atoms with E-state index >= 15 is 0 Å². The number of rotatable bonds is 6. The van der Waals surface area contributed by atoms with Gasteiger partial charge in [-0.15, -0.1) is 0 Å². The van der Waals surface area contributed by atoms with Crippen molar-refractivity contribution in [2.24, 2.45) is 5.92 Å². The number of piperidine rings is 1. The standard InChI is InChI=1S/C20H26N2O6/c1-3-8-26-20(25)22-6-4-14(5-7-22)9-19(24)21-16-11-18-17(27-12-28-18)10-15(16)13(2)23/h10-11,14H,3-9,12H2,1-2H3,(H,21,24). The smallest absolute Gasteiger partial charge is 0.409 e. The Kier molecular flexibility index (Phi) is 6.38. The van der Waals surface area contributed by atoms with Crippen molar-refractivity contribution in [1.29, 1.82) is 0 Å². The molecule has 0 saturated carbocycles. The Bertz CT molecular complexity index is 755. The lowest BCUT2D eigenvalue weighted by atomic mass is 9.93. The third kappa shape index (κ3) is 4.74. The largest absolute Gasteiger partial charge is 0.454 e. The molecule has 0 radical (unpaired) electrons. The average Bonchev–Trinajstić information content (AvgIpc) is 3.13. The lowest BCUT2D eigenvalue weighted by molar-refractivity contribution is -0.117. The minimum atomic E-state index is -0.281. The molecule has 0 atom stereocenters. The van der Waals surface area contributed by atoms with Crippen LogP contribution in [-0.4, -0.2) is 49.2 Å². The zero-order valence-corrected chi connectivity index (χ0v) is 16.3. The van der Waals surface area contributed by atoms with E-state index in [9.17, 15) is 14.4 Å². The van der Waals surface area contributed by atoms with E-state index in [0.29, 0.717) is 48.9 Å². The van der Waals surface area contributed by atoms with Crippen LogP contribution in [-0.2, 0) is 9.53 Å². The molecule has 2 amide bonds. The molecule has 1 saturated heterocycles. The van der Waals surface area contributed by atoms with E-state index in [1.54, 1.807) is 17.0 Å². The van der Waals surface area contributed by atoms with Crippen LogP contribution in [0.4, 0.5) is 10.5 Å². The van der Waals surface area contributed by atoms with Gasteiger partial charge in [0, 0.05) is 31.1 Å². The van der Waals surface area contributed by atoms with Crippen molar-refractivity contribution in [3.63, 3.8) is 0 Å². The predicted octanol–water partition coefficient (Wildman–Crippen LogP) is 3.21. The molecule has 8 nitrogen and oxygen atoms in total. The quantitative estimate of drug-likeness (QED) is 0.750. The second-order valence-corrected chi connectivity index (χ2v) is 7.10. The number of nitrogens with one attached hydrogen (secondary N) is 1. The number of ether oxygens (including phenoxy) is 3. The van der Waals surface area contributed by atoms with E-state index in [2.05, 4.69) is 5.32 Å². The lowest BCUT2D eigenvalue weighted by Crippen LogP contribution is -2.39. The van der Waals surface area contributed by atoms with Gasteiger partial charge in [0.1, 0.15) is 0 Å². The molecule has 0 aromatic heterocycles. The van der Waals surface area contributed by atoms with Crippen molar-refractivity contribution < 1.29 is 28.6 Å². The maximum atomic E-state index is 12.5. The van der Waals surface area contributed by atoms with Crippen LogP contribution in [0.1, 0.15) is 49.9 Å². The Morgan fingerprint density at radius 1 is 1.18 bits per heavy atom. The number of fused-ring (bicyclic) bond motifs is 1. The minimum absolute atomic E-state index is 0.101. The molecule has 0 aliphatic carbocycles. The second kappa shape index (κ2) is 8.95. The van der Waals surface area contributed by atoms with E-state index in [1.807, 2.05) is 6.92 Å². The fourth-order valence-electron chi connectivity index (χ4n) is 3.40. The van der Waals surface area contributed by atoms with Crippen LogP contribution in [0.15, 0.2) is 12.1 Å². The van der Waals surface area contributed by atoms with Crippen molar-refractivity contribution in [2.45, 2.75) is 39.5 Å². The number of benzene rings is 1. The molecule has 152 valence electrons. The van der Waals surface area contributed by atoms with E-state index in [-0.39, 0.29) is 30.5 Å². The average molecular weight is 390 g/mol. The number of anilines is 1. The molecule has 2 aliphatic rings. The van der Waals surface area contributed by atoms with Crippen LogP contribution in [0, 0.1) is 5.92 Å². The monoisotopic (exact) mass is 390 g/mol. The molecule has 0 bridgehead atoms. The lowest BCUT2D eigenvalue weighted by Gasteiger charge is -2.31. The normalized spacial score (nSPS) is 16.0. The van der Waals surface area contributed by atoms with E-state index < -0.39 is 0 Å². The minimum Gasteiger partial charge on any atom is -0.454 e. The first-order chi connectivity index (χ1) is 13.5. The van der Waals surface area contributed by atoms with Crippen LogP contribution >= 0.6 is 0 Å². The summed E-state index contributed by atoms with van der Waals surface area (Å²) in [6.07, 6.45) is 2.34. The topological polar surface area (TPSA) is 94.2 Å². The van der Waals surface area contributed by atoms with Crippen LogP contribution in [0.5, 0.6) is 11.5 Å². The molecule has 1 aromatic rings. The molecule has 28 heavy (non-hydrogen) atoms. The maximum Gasteiger partial charge on any atom is 0.409 e. The van der Waals surface area contributed by atoms with Crippen molar-refractivity contribution in [3.8, 4) is 11.5 Å². The molecule has 2 heterocycles. The summed E-state index contributed by atoms with van der Waals surface area (Å²) in [4.78, 5) is 38.0. The number of Topliss-reactive ketones (excluding diaryl/α,β-unsaturated/α-hetero) is 1. The Morgan fingerprint density at radius 3 is 2.50 bits per heavy atom. The number of ketones is 1. The summed E-state index contributed by atoms with van der Waals surface area (Å²) in [6.45, 7) is 5.10. The highest BCUT2D eigenvalue weighted by molar-refractivity contribution is 6.04. The van der Waals surface area contributed by atoms with Gasteiger partial charge in [-0.25, -0.2) is 4.79 Å². The Morgan fingerprint density at radius 2 is 1.86 bits per heavy atom. The maximum absolute atomic E-state index is 12.5. The molecular formula is C20H26N2O6. The predicted molar refractivity (Wildman–Crippen MR) is 102 cm³/mol. The van der Waals surface area contributed by atoms with Crippen molar-refractivity contribution in [1.82, 2.24) is 4.90 Å². The molecule has 2 aliphatic heterocycles. The van der Waals surface area contributed by atoms with Gasteiger partial charge in [-0.05, 0) is 38.2 Å². The van der Waals surface area contributed by atoms with Gasteiger partial charge in [0.15, 0.2) is 17.3 Å². The van der Waals surface area contributed by atoms with Gasteiger partial charge in [-0.3, -0.25) is 9.59 Å². The summed E-state index contributed by atoms with van der Waals surface area (Å²) >= 11 is 0. The molecular weight excluding hydrogens is 364 g/mol. The highest BCUT2D eigenvalue weighted by atomic mass is 16.7. The molecule has 1 aromatic carbocycles. The number of amides is 2. The fraction of sp³-hybridized carbons (Fsp3) is 0.550. The van der Waals surface area contributed by atoms with Crippen LogP contribution in [0.2, 0.25) is 0 Å². The summed E-state index contributed by atoms with van der Waals surface area (Å²) in [5.41, 5.74) is 0.827. The third-order valence-corrected chi connectivity index (χ3v) is 4.94. The van der Waals surface area contributed by atoms with E-state index in [1.165, 1.54) is 6.92 Å². The number of nitrogens with zero attached hydrogens (tertiary/aromatic N) is 1. The Balaban J connectivity index is 1.54. The molecule has 8 heteroatoms. The number of hydrogen-bond acceptors (Lipinski definition) is 6. The zero-order chi connectivity index (χ0) is 20.1. The molecule has 0 unspecified atom stereocenters. The summed E-state index contributed by atoms with van der Waals surface area (Å²) in [5, 5.41) is 2.83. The molecule has 1 fully saturated rings. The fourth-order valence-corrected chi connectivity index (χ4v) is 3.40. The van der Waals surface area contributed by atoms with E-state index in [4.69, 9.17) is 14.2 Å². The van der Waals surface area contributed by atoms with E-state index in [0.717, 1.165) is 19.3 Å². The molecule has 0 spiro atoms. The van der Waals surface area contributed by atoms with Crippen molar-refractivity contribution >= 4 is 23.5 Å². The van der Waals surface area contributed by atoms with Gasteiger partial charge in [-0.2, -0.15) is 0 Å². The first-order valence-electron chi connectivity index (χ1n) is 9.64. The number of carbonyl (C=O) groups excluding carboxylic acids is 3. The SMILES string of the molecule is CCCOC(=O)N1CCC(CC(=O)Nc2cc3c(cc2C(C)=O)OCO3)CC1. The summed E-state index contributed by atoms with van der Waals surface area (Å²) < 4.78 is 15.8. The number of likely N-dealkylation sites (tertiary alicyclic amines) is 1. The highest BCUT2D eigenvalue weighted by Gasteiger charge is 2.26. The van der Waals surface area contributed by atoms with Gasteiger partial charge in [0.2, 0.25) is 12.7 Å². The van der Waals surface area contributed by atoms with Crippen molar-refractivity contribution in [3.05, 3.63) is 17.7 Å². The van der Waals surface area contributed by atoms with Gasteiger partial charge in [0.05, 0.1) is 12.3 Å². The van der Waals surface area contributed by atoms with Crippen molar-refractivity contribution in [2.75, 3.05) is 31.8 Å². The summed E-state index contributed by atoms with van der Waals surface area (Å²) in [7, 11) is 0. The zero-order valence-electron chi connectivity index (χ0n) is 16.3. The van der Waals surface area contributed by atoms with Gasteiger partial charge in [0.25, 0.3) is 0 Å². The van der Waals surface area contributed by atoms with Crippen LogP contribution in [0.3, 0.4) is 0 Å². The van der Waals surface area contributed by atoms with Crippen LogP contribution < -0.4 is 14.8 Å². The first kappa shape index (κ1) is 20.0. The third-order valence-electron chi connectivity index (χ3n) is 4.94. The van der Waals surface area contributed by atoms with Gasteiger partial charge in [-0.1, -0.05) is 6.92 Å². The Labute approximate surface area is 164 Å². The molecule has 1 N–H and O–H groups in total. The van der Waals surface area contributed by atoms with Gasteiger partial charge < -0.3 is 24.4 Å². The molecule has 3 rings (SSSR count).